The number of rotatable bonds is 3. The minimum Gasteiger partial charge on any atom is -0.458 e. The Balaban J connectivity index is 1.71. The minimum atomic E-state index is -1.51. The Hall–Kier alpha value is -2.01. The molecule has 5 heteroatoms. The zero-order chi connectivity index (χ0) is 21.2. The molecule has 0 unspecified atom stereocenters. The lowest BCUT2D eigenvalue weighted by atomic mass is 9.51. The molecule has 0 bridgehead atoms. The van der Waals surface area contributed by atoms with Crippen molar-refractivity contribution < 1.29 is 24.2 Å². The minimum absolute atomic E-state index is 0.0529. The van der Waals surface area contributed by atoms with E-state index in [4.69, 9.17) is 4.74 Å². The molecule has 0 aromatic rings. The van der Waals surface area contributed by atoms with Gasteiger partial charge in [0.05, 0.1) is 0 Å². The van der Waals surface area contributed by atoms with Gasteiger partial charge in [0, 0.05) is 17.8 Å². The first-order chi connectivity index (χ1) is 13.5. The van der Waals surface area contributed by atoms with E-state index >= 15 is 0 Å². The molecule has 0 spiro atoms. The third kappa shape index (κ3) is 2.66. The number of allylic oxidation sites excluding steroid dienone is 6. The molecule has 2 fully saturated rings. The predicted molar refractivity (Wildman–Crippen MR) is 108 cm³/mol. The molecule has 156 valence electrons. The van der Waals surface area contributed by atoms with Crippen molar-refractivity contribution in [3.63, 3.8) is 0 Å². The van der Waals surface area contributed by atoms with E-state index in [1.54, 1.807) is 12.2 Å². The van der Waals surface area contributed by atoms with Gasteiger partial charge in [-0.3, -0.25) is 14.4 Å². The molecule has 4 aliphatic rings. The van der Waals surface area contributed by atoms with Gasteiger partial charge in [0.15, 0.2) is 12.4 Å². The number of carbonyl (C=O) groups is 3. The summed E-state index contributed by atoms with van der Waals surface area (Å²) in [4.78, 5) is 36.1. The number of Topliss-reactive ketones (excluding diaryl/α,β-unsaturated/α-hetero) is 1. The fraction of sp³-hybridized carbons (Fsp3) is 0.625. The van der Waals surface area contributed by atoms with Gasteiger partial charge in [0.2, 0.25) is 5.78 Å². The highest BCUT2D eigenvalue weighted by Gasteiger charge is 2.67. The largest absolute Gasteiger partial charge is 0.458 e. The van der Waals surface area contributed by atoms with Crippen molar-refractivity contribution in [2.24, 2.45) is 28.6 Å². The summed E-state index contributed by atoms with van der Waals surface area (Å²) in [7, 11) is 0. The first kappa shape index (κ1) is 20.3. The molecule has 2 saturated carbocycles. The van der Waals surface area contributed by atoms with Gasteiger partial charge in [0.25, 0.3) is 0 Å². The summed E-state index contributed by atoms with van der Waals surface area (Å²) in [6.45, 7) is 7.03. The molecule has 0 aromatic heterocycles. The van der Waals surface area contributed by atoms with Gasteiger partial charge in [-0.1, -0.05) is 37.1 Å². The van der Waals surface area contributed by atoms with Crippen LogP contribution in [0, 0.1) is 28.6 Å². The number of carbonyl (C=O) groups excluding carboxylic acids is 3. The van der Waals surface area contributed by atoms with E-state index in [0.29, 0.717) is 6.42 Å². The second-order valence-corrected chi connectivity index (χ2v) is 9.75. The zero-order valence-corrected chi connectivity index (χ0v) is 17.7. The van der Waals surface area contributed by atoms with Gasteiger partial charge >= 0.3 is 5.97 Å². The van der Waals surface area contributed by atoms with Crippen molar-refractivity contribution in [2.45, 2.75) is 59.0 Å². The van der Waals surface area contributed by atoms with Crippen molar-refractivity contribution in [2.75, 3.05) is 6.61 Å². The number of esters is 1. The summed E-state index contributed by atoms with van der Waals surface area (Å²) in [5.74, 6) is -0.621. The molecule has 0 heterocycles. The van der Waals surface area contributed by atoms with Gasteiger partial charge in [-0.25, -0.2) is 0 Å². The Morgan fingerprint density at radius 1 is 1.31 bits per heavy atom. The van der Waals surface area contributed by atoms with Gasteiger partial charge < -0.3 is 9.84 Å². The molecule has 0 aliphatic heterocycles. The van der Waals surface area contributed by atoms with Crippen LogP contribution in [0.2, 0.25) is 0 Å². The van der Waals surface area contributed by atoms with Gasteiger partial charge in [-0.15, -0.1) is 0 Å². The number of hydrogen-bond acceptors (Lipinski definition) is 5. The molecule has 5 nitrogen and oxygen atoms in total. The molecular weight excluding hydrogens is 368 g/mol. The van der Waals surface area contributed by atoms with E-state index < -0.39 is 22.8 Å². The third-order valence-electron chi connectivity index (χ3n) is 8.36. The van der Waals surface area contributed by atoms with E-state index in [1.807, 2.05) is 19.9 Å². The first-order valence-corrected chi connectivity index (χ1v) is 10.6. The SMILES string of the molecule is CC(=O)OCC(=O)[C@@]1(O)[C@H](C)C[C@@H]2[C@@H]3CCC4=CC(=O)C=C[C@@]4(C)C3=CC[C@@]21C. The topological polar surface area (TPSA) is 80.7 Å². The van der Waals surface area contributed by atoms with Crippen molar-refractivity contribution in [1.29, 1.82) is 0 Å². The van der Waals surface area contributed by atoms with Crippen molar-refractivity contribution in [3.8, 4) is 0 Å². The van der Waals surface area contributed by atoms with E-state index in [-0.39, 0.29) is 35.6 Å². The van der Waals surface area contributed by atoms with Crippen molar-refractivity contribution in [1.82, 2.24) is 0 Å². The molecule has 0 saturated heterocycles. The standard InChI is InChI=1S/C24H30O5/c1-14-11-20-18-6-5-16-12-17(26)7-9-22(16,3)19(18)8-10-23(20,4)24(14,28)21(27)13-29-15(2)25/h7-9,12,14,18,20,28H,5-6,10-11,13H2,1-4H3/t14-,18-,20-,22-,23+,24+/m1/s1. The fourth-order valence-electron chi connectivity index (χ4n) is 6.74. The Labute approximate surface area is 171 Å². The van der Waals surface area contributed by atoms with Crippen LogP contribution in [0.5, 0.6) is 0 Å². The lowest BCUT2D eigenvalue weighted by molar-refractivity contribution is -0.167. The van der Waals surface area contributed by atoms with Gasteiger partial charge in [-0.05, 0) is 62.5 Å². The molecule has 4 aliphatic carbocycles. The van der Waals surface area contributed by atoms with Crippen LogP contribution in [0.4, 0.5) is 0 Å². The Bertz CT molecular complexity index is 880. The Kier molecular flexibility index (Phi) is 4.54. The summed E-state index contributed by atoms with van der Waals surface area (Å²) in [6, 6.07) is 0. The second-order valence-electron chi connectivity index (χ2n) is 9.75. The molecule has 1 N–H and O–H groups in total. The van der Waals surface area contributed by atoms with Crippen molar-refractivity contribution >= 4 is 17.5 Å². The maximum atomic E-state index is 13.0. The molecular formula is C24H30O5. The van der Waals surface area contributed by atoms with Crippen LogP contribution < -0.4 is 0 Å². The predicted octanol–water partition coefficient (Wildman–Crippen LogP) is 3.32. The number of ether oxygens (including phenoxy) is 1. The quantitative estimate of drug-likeness (QED) is 0.583. The first-order valence-electron chi connectivity index (χ1n) is 10.6. The Morgan fingerprint density at radius 2 is 2.03 bits per heavy atom. The highest BCUT2D eigenvalue weighted by atomic mass is 16.5. The molecule has 29 heavy (non-hydrogen) atoms. The summed E-state index contributed by atoms with van der Waals surface area (Å²) in [5.41, 5.74) is 0.145. The van der Waals surface area contributed by atoms with Gasteiger partial charge in [-0.2, -0.15) is 0 Å². The van der Waals surface area contributed by atoms with Gasteiger partial charge in [0.1, 0.15) is 5.60 Å². The zero-order valence-electron chi connectivity index (χ0n) is 17.7. The van der Waals surface area contributed by atoms with E-state index in [9.17, 15) is 19.5 Å². The van der Waals surface area contributed by atoms with E-state index in [2.05, 4.69) is 13.0 Å². The van der Waals surface area contributed by atoms with E-state index in [1.165, 1.54) is 18.1 Å². The highest BCUT2D eigenvalue weighted by molar-refractivity contribution is 6.01. The second kappa shape index (κ2) is 6.49. The molecule has 0 amide bonds. The smallest absolute Gasteiger partial charge is 0.303 e. The Morgan fingerprint density at radius 3 is 2.72 bits per heavy atom. The number of aliphatic hydroxyl groups is 1. The van der Waals surface area contributed by atoms with Crippen LogP contribution in [-0.4, -0.2) is 34.9 Å². The van der Waals surface area contributed by atoms with E-state index in [0.717, 1.165) is 19.3 Å². The molecule has 0 radical (unpaired) electrons. The van der Waals surface area contributed by atoms with Crippen LogP contribution >= 0.6 is 0 Å². The maximum absolute atomic E-state index is 13.0. The van der Waals surface area contributed by atoms with Crippen LogP contribution in [0.3, 0.4) is 0 Å². The van der Waals surface area contributed by atoms with Crippen LogP contribution in [0.25, 0.3) is 0 Å². The van der Waals surface area contributed by atoms with Crippen LogP contribution in [-0.2, 0) is 19.1 Å². The lowest BCUT2D eigenvalue weighted by Crippen LogP contribution is -2.57. The normalized spacial score (nSPS) is 42.9. The van der Waals surface area contributed by atoms with Crippen LogP contribution in [0.1, 0.15) is 53.4 Å². The average Bonchev–Trinajstić information content (AvgIpc) is 2.88. The number of hydrogen-bond donors (Lipinski definition) is 1. The van der Waals surface area contributed by atoms with Crippen molar-refractivity contribution in [3.05, 3.63) is 35.5 Å². The fourth-order valence-corrected chi connectivity index (χ4v) is 6.74. The maximum Gasteiger partial charge on any atom is 0.303 e. The monoisotopic (exact) mass is 398 g/mol. The summed E-state index contributed by atoms with van der Waals surface area (Å²) < 4.78 is 4.95. The molecule has 4 rings (SSSR count). The summed E-state index contributed by atoms with van der Waals surface area (Å²) in [6.07, 6.45) is 10.8. The highest BCUT2D eigenvalue weighted by Crippen LogP contribution is 2.66. The third-order valence-corrected chi connectivity index (χ3v) is 8.36. The molecule has 6 atom stereocenters. The summed E-state index contributed by atoms with van der Waals surface area (Å²) >= 11 is 0. The number of ketones is 2. The van der Waals surface area contributed by atoms with Crippen LogP contribution in [0.15, 0.2) is 35.5 Å². The number of fused-ring (bicyclic) bond motifs is 5. The average molecular weight is 398 g/mol. The molecule has 0 aromatic carbocycles. The lowest BCUT2D eigenvalue weighted by Gasteiger charge is -2.53. The summed E-state index contributed by atoms with van der Waals surface area (Å²) in [5, 5.41) is 11.7.